The highest BCUT2D eigenvalue weighted by Gasteiger charge is 2.19. The summed E-state index contributed by atoms with van der Waals surface area (Å²) in [4.78, 5) is 26.0. The number of hydrogen-bond acceptors (Lipinski definition) is 4. The average molecular weight is 278 g/mol. The van der Waals surface area contributed by atoms with Gasteiger partial charge in [-0.1, -0.05) is 23.7 Å². The largest absolute Gasteiger partial charge is 0.322 e. The van der Waals surface area contributed by atoms with Crippen LogP contribution < -0.4 is 5.32 Å². The van der Waals surface area contributed by atoms with Gasteiger partial charge >= 0.3 is 0 Å². The van der Waals surface area contributed by atoms with Crippen LogP contribution in [0.2, 0.25) is 5.15 Å². The van der Waals surface area contributed by atoms with Crippen molar-refractivity contribution in [1.82, 2.24) is 4.98 Å². The van der Waals surface area contributed by atoms with Crippen LogP contribution in [-0.4, -0.2) is 15.8 Å². The first-order valence-electron chi connectivity index (χ1n) is 5.24. The summed E-state index contributed by atoms with van der Waals surface area (Å²) in [6, 6.07) is 8.71. The van der Waals surface area contributed by atoms with E-state index in [0.717, 1.165) is 0 Å². The Labute approximate surface area is 113 Å². The summed E-state index contributed by atoms with van der Waals surface area (Å²) in [5, 5.41) is 13.6. The van der Waals surface area contributed by atoms with Crippen LogP contribution in [0.25, 0.3) is 0 Å². The Hall–Kier alpha value is -2.47. The van der Waals surface area contributed by atoms with E-state index in [-0.39, 0.29) is 16.4 Å². The smallest absolute Gasteiger partial charge is 0.282 e. The van der Waals surface area contributed by atoms with Crippen LogP contribution in [0.15, 0.2) is 42.6 Å². The van der Waals surface area contributed by atoms with Crippen molar-refractivity contribution in [3.63, 3.8) is 0 Å². The van der Waals surface area contributed by atoms with Gasteiger partial charge in [-0.15, -0.1) is 0 Å². The molecule has 0 bridgehead atoms. The molecule has 0 radical (unpaired) electrons. The molecule has 1 heterocycles. The van der Waals surface area contributed by atoms with Crippen molar-refractivity contribution in [3.8, 4) is 0 Å². The van der Waals surface area contributed by atoms with E-state index in [2.05, 4.69) is 10.3 Å². The van der Waals surface area contributed by atoms with Gasteiger partial charge in [-0.2, -0.15) is 0 Å². The zero-order valence-corrected chi connectivity index (χ0v) is 10.3. The van der Waals surface area contributed by atoms with Gasteiger partial charge in [0.2, 0.25) is 0 Å². The van der Waals surface area contributed by atoms with Crippen LogP contribution in [0.1, 0.15) is 10.4 Å². The van der Waals surface area contributed by atoms with Crippen LogP contribution in [0.4, 0.5) is 11.4 Å². The number of amides is 1. The number of hydrogen-bond donors (Lipinski definition) is 1. The van der Waals surface area contributed by atoms with Gasteiger partial charge in [-0.3, -0.25) is 14.9 Å². The van der Waals surface area contributed by atoms with Gasteiger partial charge in [0, 0.05) is 18.0 Å². The zero-order valence-electron chi connectivity index (χ0n) is 9.54. The molecule has 2 aromatic rings. The van der Waals surface area contributed by atoms with E-state index in [9.17, 15) is 14.9 Å². The Morgan fingerprint density at radius 2 is 2.05 bits per heavy atom. The minimum atomic E-state index is -0.603. The zero-order chi connectivity index (χ0) is 13.8. The second-order valence-corrected chi connectivity index (χ2v) is 3.98. The van der Waals surface area contributed by atoms with E-state index < -0.39 is 10.8 Å². The lowest BCUT2D eigenvalue weighted by molar-refractivity contribution is -0.385. The molecular weight excluding hydrogens is 270 g/mol. The number of pyridine rings is 1. The quantitative estimate of drug-likeness (QED) is 0.531. The molecule has 6 nitrogen and oxygen atoms in total. The van der Waals surface area contributed by atoms with E-state index >= 15 is 0 Å². The molecule has 0 unspecified atom stereocenters. The third-order valence-corrected chi connectivity index (χ3v) is 2.54. The summed E-state index contributed by atoms with van der Waals surface area (Å²) in [5.41, 5.74) is 0.156. The van der Waals surface area contributed by atoms with Crippen LogP contribution in [0.5, 0.6) is 0 Å². The molecule has 1 aromatic heterocycles. The number of carbonyl (C=O) groups excluding carboxylic acids is 1. The van der Waals surface area contributed by atoms with Crippen LogP contribution in [-0.2, 0) is 0 Å². The Balaban J connectivity index is 2.28. The number of carbonyl (C=O) groups is 1. The molecule has 96 valence electrons. The van der Waals surface area contributed by atoms with Crippen LogP contribution in [0, 0.1) is 10.1 Å². The van der Waals surface area contributed by atoms with Gasteiger partial charge in [0.05, 0.1) is 4.92 Å². The monoisotopic (exact) mass is 277 g/mol. The number of benzene rings is 1. The van der Waals surface area contributed by atoms with Gasteiger partial charge in [-0.05, 0) is 18.2 Å². The number of nitrogens with zero attached hydrogens (tertiary/aromatic N) is 2. The van der Waals surface area contributed by atoms with Crippen molar-refractivity contribution in [2.45, 2.75) is 0 Å². The molecule has 0 spiro atoms. The molecule has 19 heavy (non-hydrogen) atoms. The predicted octanol–water partition coefficient (Wildman–Crippen LogP) is 2.90. The molecule has 0 aliphatic heterocycles. The number of rotatable bonds is 3. The highest BCUT2D eigenvalue weighted by atomic mass is 35.5. The number of para-hydroxylation sites is 1. The SMILES string of the molecule is O=C(Nc1ccnc(Cl)c1)c1ccccc1[N+](=O)[O-]. The van der Waals surface area contributed by atoms with Crippen LogP contribution >= 0.6 is 11.6 Å². The second kappa shape index (κ2) is 5.45. The third kappa shape index (κ3) is 3.05. The molecule has 7 heteroatoms. The molecule has 1 N–H and O–H groups in total. The minimum absolute atomic E-state index is 0.0135. The van der Waals surface area contributed by atoms with Crippen molar-refractivity contribution < 1.29 is 9.72 Å². The van der Waals surface area contributed by atoms with Gasteiger partial charge < -0.3 is 5.32 Å². The lowest BCUT2D eigenvalue weighted by Crippen LogP contribution is -2.13. The van der Waals surface area contributed by atoms with Crippen LogP contribution in [0.3, 0.4) is 0 Å². The highest BCUT2D eigenvalue weighted by Crippen LogP contribution is 2.20. The summed E-state index contributed by atoms with van der Waals surface area (Å²) in [7, 11) is 0. The fourth-order valence-electron chi connectivity index (χ4n) is 1.50. The van der Waals surface area contributed by atoms with Crippen molar-refractivity contribution >= 4 is 28.9 Å². The van der Waals surface area contributed by atoms with Crippen molar-refractivity contribution in [1.29, 1.82) is 0 Å². The predicted molar refractivity (Wildman–Crippen MR) is 70.3 cm³/mol. The minimum Gasteiger partial charge on any atom is -0.322 e. The van der Waals surface area contributed by atoms with Crippen molar-refractivity contribution in [3.05, 3.63) is 63.4 Å². The molecule has 0 atom stereocenters. The number of halogens is 1. The Morgan fingerprint density at radius 1 is 1.32 bits per heavy atom. The normalized spacial score (nSPS) is 9.95. The Kier molecular flexibility index (Phi) is 3.72. The number of nitrogens with one attached hydrogen (secondary N) is 1. The van der Waals surface area contributed by atoms with E-state index in [0.29, 0.717) is 5.69 Å². The van der Waals surface area contributed by atoms with Gasteiger partial charge in [-0.25, -0.2) is 4.98 Å². The van der Waals surface area contributed by atoms with Gasteiger partial charge in [0.15, 0.2) is 0 Å². The molecule has 0 fully saturated rings. The lowest BCUT2D eigenvalue weighted by Gasteiger charge is -2.05. The van der Waals surface area contributed by atoms with Crippen molar-refractivity contribution in [2.24, 2.45) is 0 Å². The first kappa shape index (κ1) is 13.0. The van der Waals surface area contributed by atoms with Gasteiger partial charge in [0.1, 0.15) is 10.7 Å². The highest BCUT2D eigenvalue weighted by molar-refractivity contribution is 6.29. The Morgan fingerprint density at radius 3 is 2.74 bits per heavy atom. The number of aromatic nitrogens is 1. The molecule has 0 saturated carbocycles. The fourth-order valence-corrected chi connectivity index (χ4v) is 1.68. The number of nitro groups is 1. The lowest BCUT2D eigenvalue weighted by atomic mass is 10.1. The maximum absolute atomic E-state index is 12.0. The Bertz CT molecular complexity index is 646. The maximum atomic E-state index is 12.0. The molecule has 1 aromatic carbocycles. The first-order chi connectivity index (χ1) is 9.08. The number of anilines is 1. The maximum Gasteiger partial charge on any atom is 0.282 e. The summed E-state index contributed by atoms with van der Waals surface area (Å²) in [5.74, 6) is -0.574. The molecule has 1 amide bonds. The summed E-state index contributed by atoms with van der Waals surface area (Å²) >= 11 is 5.69. The number of nitro benzene ring substituents is 1. The van der Waals surface area contributed by atoms with Crippen molar-refractivity contribution in [2.75, 3.05) is 5.32 Å². The summed E-state index contributed by atoms with van der Waals surface area (Å²) < 4.78 is 0. The summed E-state index contributed by atoms with van der Waals surface area (Å²) in [6.07, 6.45) is 1.43. The van der Waals surface area contributed by atoms with E-state index in [1.165, 1.54) is 30.5 Å². The molecule has 0 saturated heterocycles. The topological polar surface area (TPSA) is 85.1 Å². The van der Waals surface area contributed by atoms with Gasteiger partial charge in [0.25, 0.3) is 11.6 Å². The molecular formula is C12H8ClN3O3. The van der Waals surface area contributed by atoms with E-state index in [1.807, 2.05) is 0 Å². The average Bonchev–Trinajstić information content (AvgIpc) is 2.38. The third-order valence-electron chi connectivity index (χ3n) is 2.33. The first-order valence-corrected chi connectivity index (χ1v) is 5.62. The fraction of sp³-hybridized carbons (Fsp3) is 0. The molecule has 0 aliphatic carbocycles. The summed E-state index contributed by atoms with van der Waals surface area (Å²) in [6.45, 7) is 0. The molecule has 2 rings (SSSR count). The van der Waals surface area contributed by atoms with E-state index in [4.69, 9.17) is 11.6 Å². The second-order valence-electron chi connectivity index (χ2n) is 3.60. The molecule has 0 aliphatic rings. The van der Waals surface area contributed by atoms with E-state index in [1.54, 1.807) is 12.1 Å². The standard InChI is InChI=1S/C12H8ClN3O3/c13-11-7-8(5-6-14-11)15-12(17)9-3-1-2-4-10(9)16(18)19/h1-7H,(H,14,15,17).